The summed E-state index contributed by atoms with van der Waals surface area (Å²) in [7, 11) is 0. The number of aromatic nitrogens is 2. The molecule has 0 saturated carbocycles. The van der Waals surface area contributed by atoms with Crippen LogP contribution in [0.3, 0.4) is 0 Å². The topological polar surface area (TPSA) is 34.9 Å². The minimum Gasteiger partial charge on any atom is -0.315 e. The number of aryl methyl sites for hydroxylation is 2. The average molecular weight is 250 g/mol. The minimum atomic E-state index is 0.0639. The van der Waals surface area contributed by atoms with Gasteiger partial charge in [0, 0.05) is 36.4 Å². The zero-order valence-corrected chi connectivity index (χ0v) is 10.5. The highest BCUT2D eigenvalue weighted by atomic mass is 16.1. The number of fused-ring (bicyclic) bond motifs is 1. The molecule has 0 fully saturated rings. The van der Waals surface area contributed by atoms with Gasteiger partial charge in [-0.15, -0.1) is 0 Å². The van der Waals surface area contributed by atoms with Crippen LogP contribution in [-0.2, 0) is 13.0 Å². The van der Waals surface area contributed by atoms with Crippen LogP contribution in [-0.4, -0.2) is 9.55 Å². The molecule has 0 aliphatic heterocycles. The minimum absolute atomic E-state index is 0.0639. The van der Waals surface area contributed by atoms with Crippen LogP contribution in [0.2, 0.25) is 0 Å². The van der Waals surface area contributed by atoms with Crippen LogP contribution in [0.25, 0.3) is 10.8 Å². The number of hydrogen-bond acceptors (Lipinski definition) is 2. The lowest BCUT2D eigenvalue weighted by molar-refractivity contribution is 0.666. The van der Waals surface area contributed by atoms with E-state index in [1.165, 1.54) is 0 Å². The summed E-state index contributed by atoms with van der Waals surface area (Å²) in [6.45, 7) is 0.653. The number of hydrogen-bond donors (Lipinski definition) is 0. The lowest BCUT2D eigenvalue weighted by atomic mass is 10.2. The molecule has 3 rings (SSSR count). The predicted octanol–water partition coefficient (Wildman–Crippen LogP) is 2.64. The first kappa shape index (κ1) is 11.7. The van der Waals surface area contributed by atoms with Gasteiger partial charge in [-0.05, 0) is 29.7 Å². The van der Waals surface area contributed by atoms with Gasteiger partial charge in [-0.3, -0.25) is 9.78 Å². The van der Waals surface area contributed by atoms with E-state index in [0.29, 0.717) is 6.54 Å². The van der Waals surface area contributed by atoms with E-state index in [-0.39, 0.29) is 5.56 Å². The standard InChI is InChI=1S/C16H14N2O/c19-16-15-7-2-1-5-13(15)8-11-18(16)12-9-14-6-3-4-10-17-14/h1-8,10-11H,9,12H2. The second-order valence-corrected chi connectivity index (χ2v) is 4.47. The normalized spacial score (nSPS) is 10.7. The number of rotatable bonds is 3. The van der Waals surface area contributed by atoms with Crippen molar-refractivity contribution in [2.75, 3.05) is 0 Å². The van der Waals surface area contributed by atoms with Crippen LogP contribution >= 0.6 is 0 Å². The quantitative estimate of drug-likeness (QED) is 0.716. The van der Waals surface area contributed by atoms with Crippen molar-refractivity contribution in [2.45, 2.75) is 13.0 Å². The summed E-state index contributed by atoms with van der Waals surface area (Å²) < 4.78 is 1.75. The van der Waals surface area contributed by atoms with Gasteiger partial charge in [-0.2, -0.15) is 0 Å². The van der Waals surface area contributed by atoms with Gasteiger partial charge in [0.2, 0.25) is 0 Å². The average Bonchev–Trinajstić information content (AvgIpc) is 2.48. The van der Waals surface area contributed by atoms with Crippen LogP contribution in [0.5, 0.6) is 0 Å². The third-order valence-electron chi connectivity index (χ3n) is 3.22. The van der Waals surface area contributed by atoms with Gasteiger partial charge in [-0.25, -0.2) is 0 Å². The zero-order chi connectivity index (χ0) is 13.1. The summed E-state index contributed by atoms with van der Waals surface area (Å²) in [5.74, 6) is 0. The molecule has 1 aromatic carbocycles. The Bertz CT molecular complexity index is 747. The maximum Gasteiger partial charge on any atom is 0.258 e. The molecule has 0 spiro atoms. The number of nitrogens with zero attached hydrogens (tertiary/aromatic N) is 2. The van der Waals surface area contributed by atoms with Crippen molar-refractivity contribution < 1.29 is 0 Å². The Kier molecular flexibility index (Phi) is 3.11. The van der Waals surface area contributed by atoms with E-state index >= 15 is 0 Å². The van der Waals surface area contributed by atoms with Crippen LogP contribution in [0.1, 0.15) is 5.69 Å². The Hall–Kier alpha value is -2.42. The molecule has 3 aromatic rings. The van der Waals surface area contributed by atoms with Crippen molar-refractivity contribution in [1.82, 2.24) is 9.55 Å². The first-order valence-electron chi connectivity index (χ1n) is 6.33. The summed E-state index contributed by atoms with van der Waals surface area (Å²) >= 11 is 0. The molecule has 0 saturated heterocycles. The van der Waals surface area contributed by atoms with Gasteiger partial charge in [0.25, 0.3) is 5.56 Å². The Balaban J connectivity index is 1.90. The first-order chi connectivity index (χ1) is 9.34. The Morgan fingerprint density at radius 3 is 2.68 bits per heavy atom. The van der Waals surface area contributed by atoms with Gasteiger partial charge < -0.3 is 4.57 Å². The maximum atomic E-state index is 12.3. The summed E-state index contributed by atoms with van der Waals surface area (Å²) in [6.07, 6.45) is 4.39. The molecular weight excluding hydrogens is 236 g/mol. The molecule has 2 heterocycles. The molecular formula is C16H14N2O. The molecule has 0 unspecified atom stereocenters. The first-order valence-corrected chi connectivity index (χ1v) is 6.33. The second kappa shape index (κ2) is 5.06. The smallest absolute Gasteiger partial charge is 0.258 e. The van der Waals surface area contributed by atoms with E-state index in [4.69, 9.17) is 0 Å². The van der Waals surface area contributed by atoms with Crippen LogP contribution in [0.15, 0.2) is 65.7 Å². The van der Waals surface area contributed by atoms with Gasteiger partial charge in [0.15, 0.2) is 0 Å². The molecule has 0 aliphatic carbocycles. The molecule has 94 valence electrons. The van der Waals surface area contributed by atoms with E-state index in [1.807, 2.05) is 54.7 Å². The highest BCUT2D eigenvalue weighted by molar-refractivity contribution is 5.81. The van der Waals surface area contributed by atoms with E-state index in [2.05, 4.69) is 4.98 Å². The Labute approximate surface area is 111 Å². The highest BCUT2D eigenvalue weighted by Crippen LogP contribution is 2.08. The fraction of sp³-hybridized carbons (Fsp3) is 0.125. The van der Waals surface area contributed by atoms with E-state index in [9.17, 15) is 4.79 Å². The van der Waals surface area contributed by atoms with Crippen molar-refractivity contribution in [3.8, 4) is 0 Å². The summed E-state index contributed by atoms with van der Waals surface area (Å²) in [4.78, 5) is 16.6. The molecule has 19 heavy (non-hydrogen) atoms. The zero-order valence-electron chi connectivity index (χ0n) is 10.5. The fourth-order valence-corrected chi connectivity index (χ4v) is 2.19. The molecule has 0 bridgehead atoms. The molecule has 0 radical (unpaired) electrons. The summed E-state index contributed by atoms with van der Waals surface area (Å²) in [6, 6.07) is 15.5. The largest absolute Gasteiger partial charge is 0.315 e. The number of benzene rings is 1. The van der Waals surface area contributed by atoms with Crippen molar-refractivity contribution in [3.63, 3.8) is 0 Å². The van der Waals surface area contributed by atoms with E-state index in [1.54, 1.807) is 10.8 Å². The van der Waals surface area contributed by atoms with Crippen molar-refractivity contribution >= 4 is 10.8 Å². The Morgan fingerprint density at radius 2 is 1.84 bits per heavy atom. The summed E-state index contributed by atoms with van der Waals surface area (Å²) in [5.41, 5.74) is 1.07. The van der Waals surface area contributed by atoms with Crippen LogP contribution in [0.4, 0.5) is 0 Å². The maximum absolute atomic E-state index is 12.3. The molecule has 3 heteroatoms. The van der Waals surface area contributed by atoms with Crippen LogP contribution < -0.4 is 5.56 Å². The third kappa shape index (κ3) is 2.40. The van der Waals surface area contributed by atoms with Crippen molar-refractivity contribution in [3.05, 3.63) is 77.0 Å². The Morgan fingerprint density at radius 1 is 1.00 bits per heavy atom. The van der Waals surface area contributed by atoms with E-state index in [0.717, 1.165) is 22.9 Å². The van der Waals surface area contributed by atoms with Gasteiger partial charge in [0.1, 0.15) is 0 Å². The lowest BCUT2D eigenvalue weighted by Crippen LogP contribution is -2.20. The highest BCUT2D eigenvalue weighted by Gasteiger charge is 2.02. The molecule has 3 nitrogen and oxygen atoms in total. The fourth-order valence-electron chi connectivity index (χ4n) is 2.19. The lowest BCUT2D eigenvalue weighted by Gasteiger charge is -2.06. The molecule has 0 N–H and O–H groups in total. The molecule has 0 aliphatic rings. The summed E-state index contributed by atoms with van der Waals surface area (Å²) in [5, 5.41) is 1.76. The second-order valence-electron chi connectivity index (χ2n) is 4.47. The van der Waals surface area contributed by atoms with Gasteiger partial charge >= 0.3 is 0 Å². The molecule has 2 aromatic heterocycles. The van der Waals surface area contributed by atoms with E-state index < -0.39 is 0 Å². The van der Waals surface area contributed by atoms with Crippen molar-refractivity contribution in [1.29, 1.82) is 0 Å². The third-order valence-corrected chi connectivity index (χ3v) is 3.22. The predicted molar refractivity (Wildman–Crippen MR) is 76.1 cm³/mol. The van der Waals surface area contributed by atoms with Gasteiger partial charge in [0.05, 0.1) is 0 Å². The number of pyridine rings is 2. The SMILES string of the molecule is O=c1c2ccccc2ccn1CCc1ccccn1. The molecule has 0 amide bonds. The van der Waals surface area contributed by atoms with Crippen LogP contribution in [0, 0.1) is 0 Å². The van der Waals surface area contributed by atoms with Crippen molar-refractivity contribution in [2.24, 2.45) is 0 Å². The molecule has 0 atom stereocenters. The van der Waals surface area contributed by atoms with Gasteiger partial charge in [-0.1, -0.05) is 24.3 Å². The monoisotopic (exact) mass is 250 g/mol.